The zero-order valence-corrected chi connectivity index (χ0v) is 29.9. The molecule has 0 fully saturated rings. The molecule has 0 atom stereocenters. The van der Waals surface area contributed by atoms with Crippen LogP contribution in [-0.4, -0.2) is 153 Å². The number of nitrogens with one attached hydrogen (secondary N) is 1. The Bertz CT molecular complexity index is 1020. The molecule has 0 aliphatic rings. The zero-order chi connectivity index (χ0) is 35.8. The van der Waals surface area contributed by atoms with E-state index < -0.39 is 9.85 Å². The Morgan fingerprint density at radius 2 is 1.18 bits per heavy atom. The highest BCUT2D eigenvalue weighted by molar-refractivity contribution is 5.53. The van der Waals surface area contributed by atoms with Gasteiger partial charge in [0.1, 0.15) is 6.54 Å². The van der Waals surface area contributed by atoms with Crippen molar-refractivity contribution in [3.63, 3.8) is 0 Å². The van der Waals surface area contributed by atoms with E-state index in [9.17, 15) is 20.2 Å². The summed E-state index contributed by atoms with van der Waals surface area (Å²) in [5.41, 5.74) is 0.0132. The van der Waals surface area contributed by atoms with Crippen LogP contribution in [0.1, 0.15) is 38.2 Å². The lowest BCUT2D eigenvalue weighted by Gasteiger charge is -2.29. The minimum atomic E-state index is -0.632. The van der Waals surface area contributed by atoms with Crippen LogP contribution in [0.5, 0.6) is 0 Å². The SMILES string of the molecule is CCNC=NCCC[N+](C)(C)CCOCCOCCOCCOCCOCCOCCOCCCCCc1ccc([N+](=O)[O-])cc1[N+](=O)[O-]. The fraction of sp³-hybridized carbons (Fsp3) is 0.788. The first-order valence-corrected chi connectivity index (χ1v) is 17.3. The van der Waals surface area contributed by atoms with Crippen LogP contribution in [0.15, 0.2) is 23.2 Å². The van der Waals surface area contributed by atoms with E-state index in [0.717, 1.165) is 62.4 Å². The van der Waals surface area contributed by atoms with Crippen LogP contribution >= 0.6 is 0 Å². The van der Waals surface area contributed by atoms with Crippen molar-refractivity contribution in [2.75, 3.05) is 133 Å². The molecule has 1 rings (SSSR count). The van der Waals surface area contributed by atoms with Crippen LogP contribution in [0.3, 0.4) is 0 Å². The number of unbranched alkanes of at least 4 members (excludes halogenated alkanes) is 2. The summed E-state index contributed by atoms with van der Waals surface area (Å²) < 4.78 is 39.7. The summed E-state index contributed by atoms with van der Waals surface area (Å²) >= 11 is 0. The molecule has 0 aliphatic heterocycles. The lowest BCUT2D eigenvalue weighted by atomic mass is 10.0. The average molecular weight is 703 g/mol. The Morgan fingerprint density at radius 1 is 0.673 bits per heavy atom. The van der Waals surface area contributed by atoms with E-state index in [1.165, 1.54) is 12.1 Å². The molecule has 0 unspecified atom stereocenters. The van der Waals surface area contributed by atoms with E-state index >= 15 is 0 Å². The first-order valence-electron chi connectivity index (χ1n) is 17.3. The van der Waals surface area contributed by atoms with Crippen LogP contribution in [0.25, 0.3) is 0 Å². The van der Waals surface area contributed by atoms with Crippen molar-refractivity contribution in [2.24, 2.45) is 4.99 Å². The molecule has 0 amide bonds. The highest BCUT2D eigenvalue weighted by Crippen LogP contribution is 2.26. The second kappa shape index (κ2) is 30.0. The Balaban J connectivity index is 1.79. The molecule has 0 heterocycles. The molecule has 282 valence electrons. The summed E-state index contributed by atoms with van der Waals surface area (Å²) in [4.78, 5) is 25.2. The van der Waals surface area contributed by atoms with Gasteiger partial charge in [-0.15, -0.1) is 0 Å². The highest BCUT2D eigenvalue weighted by atomic mass is 16.6. The van der Waals surface area contributed by atoms with Crippen molar-refractivity contribution in [2.45, 2.75) is 39.0 Å². The average Bonchev–Trinajstić information content (AvgIpc) is 3.07. The lowest BCUT2D eigenvalue weighted by molar-refractivity contribution is -0.890. The molecule has 0 spiro atoms. The fourth-order valence-electron chi connectivity index (χ4n) is 4.40. The quantitative estimate of drug-likeness (QED) is 0.0273. The van der Waals surface area contributed by atoms with Crippen molar-refractivity contribution in [1.29, 1.82) is 0 Å². The van der Waals surface area contributed by atoms with Gasteiger partial charge < -0.3 is 43.0 Å². The number of aliphatic imine (C=N–C) groups is 1. The van der Waals surface area contributed by atoms with Gasteiger partial charge in [-0.2, -0.15) is 0 Å². The third kappa shape index (κ3) is 25.8. The molecule has 0 saturated heterocycles. The van der Waals surface area contributed by atoms with E-state index in [1.54, 1.807) is 6.34 Å². The van der Waals surface area contributed by atoms with Gasteiger partial charge in [0.05, 0.1) is 129 Å². The largest absolute Gasteiger partial charge is 0.379 e. The number of aryl methyl sites for hydroxylation is 1. The molecular weight excluding hydrogens is 642 g/mol. The lowest BCUT2D eigenvalue weighted by Crippen LogP contribution is -2.43. The van der Waals surface area contributed by atoms with E-state index in [0.29, 0.717) is 104 Å². The molecule has 49 heavy (non-hydrogen) atoms. The van der Waals surface area contributed by atoms with Crippen LogP contribution in [0.4, 0.5) is 11.4 Å². The van der Waals surface area contributed by atoms with Crippen LogP contribution < -0.4 is 5.32 Å². The molecular formula is C33H60N5O11+. The van der Waals surface area contributed by atoms with E-state index in [4.69, 9.17) is 33.2 Å². The summed E-state index contributed by atoms with van der Waals surface area (Å²) in [5, 5.41) is 25.1. The Labute approximate surface area is 291 Å². The molecule has 0 aliphatic carbocycles. The summed E-state index contributed by atoms with van der Waals surface area (Å²) in [6.45, 7) is 13.1. The number of non-ortho nitro benzene ring substituents is 1. The van der Waals surface area contributed by atoms with Gasteiger partial charge in [0, 0.05) is 37.7 Å². The molecule has 1 N–H and O–H groups in total. The Morgan fingerprint density at radius 3 is 1.67 bits per heavy atom. The van der Waals surface area contributed by atoms with Gasteiger partial charge in [-0.05, 0) is 32.3 Å². The maximum atomic E-state index is 11.2. The van der Waals surface area contributed by atoms with Crippen molar-refractivity contribution in [3.8, 4) is 0 Å². The maximum absolute atomic E-state index is 11.2. The van der Waals surface area contributed by atoms with Gasteiger partial charge in [-0.3, -0.25) is 25.2 Å². The number of nitrogens with zero attached hydrogens (tertiary/aromatic N) is 4. The van der Waals surface area contributed by atoms with Gasteiger partial charge >= 0.3 is 0 Å². The summed E-state index contributed by atoms with van der Waals surface area (Å²) in [6, 6.07) is 3.78. The standard InChI is InChI=1S/C33H60N5O11/c1-4-34-30-35-12-8-13-38(2,3)14-16-44-18-20-46-22-24-48-26-28-49-27-25-47-23-21-45-19-17-43-15-7-5-6-9-31-10-11-32(36(39)40)29-33(31)37(41)42/h10-11,29-30H,4-9,12-28H2,1-3H3,(H,34,35)/q+1. The number of benzene rings is 1. The second-order valence-electron chi connectivity index (χ2n) is 11.8. The van der Waals surface area contributed by atoms with Crippen molar-refractivity contribution in [1.82, 2.24) is 5.32 Å². The van der Waals surface area contributed by atoms with E-state index in [-0.39, 0.29) is 11.4 Å². The minimum Gasteiger partial charge on any atom is -0.379 e. The first kappa shape index (κ1) is 44.2. The van der Waals surface area contributed by atoms with Crippen molar-refractivity contribution in [3.05, 3.63) is 44.0 Å². The van der Waals surface area contributed by atoms with Crippen molar-refractivity contribution >= 4 is 17.7 Å². The number of nitro groups is 2. The van der Waals surface area contributed by atoms with E-state index in [2.05, 4.69) is 31.3 Å². The predicted octanol–water partition coefficient (Wildman–Crippen LogP) is 3.44. The van der Waals surface area contributed by atoms with Gasteiger partial charge in [-0.1, -0.05) is 6.42 Å². The fourth-order valence-corrected chi connectivity index (χ4v) is 4.40. The summed E-state index contributed by atoms with van der Waals surface area (Å²) in [6.07, 6.45) is 5.69. The highest BCUT2D eigenvalue weighted by Gasteiger charge is 2.19. The second-order valence-corrected chi connectivity index (χ2v) is 11.8. The molecule has 0 aromatic heterocycles. The molecule has 16 nitrogen and oxygen atoms in total. The van der Waals surface area contributed by atoms with Gasteiger partial charge in [0.15, 0.2) is 0 Å². The monoisotopic (exact) mass is 702 g/mol. The molecule has 0 radical (unpaired) electrons. The van der Waals surface area contributed by atoms with E-state index in [1.807, 2.05) is 0 Å². The molecule has 1 aromatic carbocycles. The van der Waals surface area contributed by atoms with Crippen LogP contribution in [0.2, 0.25) is 0 Å². The zero-order valence-electron chi connectivity index (χ0n) is 29.9. The summed E-state index contributed by atoms with van der Waals surface area (Å²) in [5.74, 6) is 0. The molecule has 0 bridgehead atoms. The Hall–Kier alpha value is -2.83. The number of nitro benzene ring substituents is 2. The third-order valence-electron chi connectivity index (χ3n) is 7.22. The minimum absolute atomic E-state index is 0.210. The maximum Gasteiger partial charge on any atom is 0.279 e. The van der Waals surface area contributed by atoms with Gasteiger partial charge in [0.2, 0.25) is 0 Å². The van der Waals surface area contributed by atoms with Crippen LogP contribution in [-0.2, 0) is 39.6 Å². The van der Waals surface area contributed by atoms with Crippen LogP contribution in [0, 0.1) is 20.2 Å². The number of ether oxygens (including phenoxy) is 7. The number of hydrogen-bond donors (Lipinski definition) is 1. The topological polar surface area (TPSA) is 175 Å². The summed E-state index contributed by atoms with van der Waals surface area (Å²) in [7, 11) is 4.42. The molecule has 1 aromatic rings. The Kier molecular flexibility index (Phi) is 27.1. The van der Waals surface area contributed by atoms with Gasteiger partial charge in [-0.25, -0.2) is 0 Å². The first-order chi connectivity index (χ1) is 23.8. The number of hydrogen-bond acceptors (Lipinski definition) is 12. The third-order valence-corrected chi connectivity index (χ3v) is 7.22. The predicted molar refractivity (Wildman–Crippen MR) is 187 cm³/mol. The van der Waals surface area contributed by atoms with Crippen molar-refractivity contribution < 1.29 is 47.5 Å². The molecule has 16 heteroatoms. The number of likely N-dealkylation sites (N-methyl/N-ethyl adjacent to an activating group) is 1. The normalized spacial score (nSPS) is 11.8. The number of quaternary nitrogens is 1. The molecule has 0 saturated carbocycles. The van der Waals surface area contributed by atoms with Gasteiger partial charge in [0.25, 0.3) is 11.4 Å². The smallest absolute Gasteiger partial charge is 0.279 e. The number of rotatable bonds is 35.